The summed E-state index contributed by atoms with van der Waals surface area (Å²) in [5.41, 5.74) is 0.744. The van der Waals surface area contributed by atoms with Gasteiger partial charge >= 0.3 is 5.97 Å². The normalized spacial score (nSPS) is 23.5. The van der Waals surface area contributed by atoms with Gasteiger partial charge < -0.3 is 15.7 Å². The molecule has 0 saturated carbocycles. The van der Waals surface area contributed by atoms with E-state index in [0.717, 1.165) is 0 Å². The molecule has 2 aliphatic rings. The highest BCUT2D eigenvalue weighted by atomic mass is 32.2. The number of hydrogen-bond donors (Lipinski definition) is 3. The second-order valence-electron chi connectivity index (χ2n) is 4.98. The number of carboxylic acid groups (broad SMARTS) is 1. The summed E-state index contributed by atoms with van der Waals surface area (Å²) in [6, 6.07) is -0.751. The minimum absolute atomic E-state index is 0.0311. The molecule has 9 heteroatoms. The highest BCUT2D eigenvalue weighted by Crippen LogP contribution is 2.40. The van der Waals surface area contributed by atoms with Crippen molar-refractivity contribution < 1.29 is 24.3 Å². The lowest BCUT2D eigenvalue weighted by Crippen LogP contribution is -2.71. The van der Waals surface area contributed by atoms with E-state index in [1.807, 2.05) is 6.92 Å². The molecule has 1 saturated heterocycles. The maximum absolute atomic E-state index is 12.2. The number of rotatable bonds is 5. The molecular formula is C13H17N3O5S. The van der Waals surface area contributed by atoms with Gasteiger partial charge in [0.2, 0.25) is 11.8 Å². The fourth-order valence-corrected chi connectivity index (χ4v) is 3.83. The Labute approximate surface area is 131 Å². The Hall–Kier alpha value is -2.03. The first kappa shape index (κ1) is 16.3. The number of thioether (sulfide) groups is 1. The standard InChI is InChI=1S/C13H17N3O5S/c1-3-7-5-22-12-9(15-8(18)4-14-6(2)17)11(19)16(12)10(7)13(20)21/h9,12H,3-5H2,1-2H3,(H,14,17)(H,15,18)(H,20,21)/t9-,12-/m1/s1. The number of hydrogen-bond acceptors (Lipinski definition) is 5. The highest BCUT2D eigenvalue weighted by Gasteiger charge is 2.53. The summed E-state index contributed by atoms with van der Waals surface area (Å²) in [4.78, 5) is 47.2. The van der Waals surface area contributed by atoms with Crippen LogP contribution < -0.4 is 10.6 Å². The average Bonchev–Trinajstić information content (AvgIpc) is 2.48. The number of β-lactam (4-membered cyclic amide) rings is 1. The summed E-state index contributed by atoms with van der Waals surface area (Å²) in [6.07, 6.45) is 0.560. The minimum atomic E-state index is -1.13. The van der Waals surface area contributed by atoms with Crippen LogP contribution in [0.2, 0.25) is 0 Å². The van der Waals surface area contributed by atoms with Gasteiger partial charge in [0.05, 0.1) is 6.54 Å². The van der Waals surface area contributed by atoms with Crippen molar-refractivity contribution in [3.63, 3.8) is 0 Å². The van der Waals surface area contributed by atoms with E-state index >= 15 is 0 Å². The number of carbonyl (C=O) groups is 4. The Morgan fingerprint density at radius 3 is 2.64 bits per heavy atom. The van der Waals surface area contributed by atoms with Crippen LogP contribution in [0.1, 0.15) is 20.3 Å². The van der Waals surface area contributed by atoms with Crippen molar-refractivity contribution in [3.05, 3.63) is 11.3 Å². The second kappa shape index (κ2) is 6.39. The number of carboxylic acids is 1. The number of fused-ring (bicyclic) bond motifs is 1. The van der Waals surface area contributed by atoms with Crippen LogP contribution >= 0.6 is 11.8 Å². The van der Waals surface area contributed by atoms with Gasteiger partial charge in [-0.05, 0) is 12.0 Å². The number of aliphatic carboxylic acids is 1. The van der Waals surface area contributed by atoms with E-state index in [9.17, 15) is 24.3 Å². The molecule has 0 bridgehead atoms. The van der Waals surface area contributed by atoms with Crippen LogP contribution in [-0.4, -0.2) is 57.4 Å². The van der Waals surface area contributed by atoms with Gasteiger partial charge in [-0.2, -0.15) is 0 Å². The smallest absolute Gasteiger partial charge is 0.352 e. The Balaban J connectivity index is 2.05. The maximum atomic E-state index is 12.2. The van der Waals surface area contributed by atoms with Gasteiger partial charge in [-0.25, -0.2) is 4.79 Å². The molecule has 2 atom stereocenters. The summed E-state index contributed by atoms with van der Waals surface area (Å²) >= 11 is 1.43. The summed E-state index contributed by atoms with van der Waals surface area (Å²) in [5.74, 6) is -1.86. The molecule has 3 amide bonds. The topological polar surface area (TPSA) is 116 Å². The third kappa shape index (κ3) is 2.94. The molecule has 2 rings (SSSR count). The predicted octanol–water partition coefficient (Wildman–Crippen LogP) is -0.729. The van der Waals surface area contributed by atoms with Crippen molar-refractivity contribution in [3.8, 4) is 0 Å². The van der Waals surface area contributed by atoms with Gasteiger partial charge in [0.1, 0.15) is 17.1 Å². The Morgan fingerprint density at radius 2 is 2.09 bits per heavy atom. The van der Waals surface area contributed by atoms with Gasteiger partial charge in [-0.1, -0.05) is 6.92 Å². The lowest BCUT2D eigenvalue weighted by molar-refractivity contribution is -0.150. The summed E-state index contributed by atoms with van der Waals surface area (Å²) < 4.78 is 0. The largest absolute Gasteiger partial charge is 0.477 e. The van der Waals surface area contributed by atoms with E-state index < -0.39 is 29.2 Å². The van der Waals surface area contributed by atoms with E-state index in [4.69, 9.17) is 0 Å². The number of nitrogens with zero attached hydrogens (tertiary/aromatic N) is 1. The molecule has 0 radical (unpaired) electrons. The van der Waals surface area contributed by atoms with E-state index in [1.165, 1.54) is 23.6 Å². The fraction of sp³-hybridized carbons (Fsp3) is 0.538. The van der Waals surface area contributed by atoms with Crippen LogP contribution in [0, 0.1) is 0 Å². The van der Waals surface area contributed by atoms with Crippen molar-refractivity contribution in [1.29, 1.82) is 0 Å². The molecule has 0 aliphatic carbocycles. The lowest BCUT2D eigenvalue weighted by atomic mass is 10.0. The number of nitrogens with one attached hydrogen (secondary N) is 2. The van der Waals surface area contributed by atoms with Gasteiger partial charge in [0.25, 0.3) is 5.91 Å². The first-order valence-corrected chi connectivity index (χ1v) is 7.85. The first-order valence-electron chi connectivity index (χ1n) is 6.80. The Morgan fingerprint density at radius 1 is 1.41 bits per heavy atom. The molecule has 0 aromatic heterocycles. The molecular weight excluding hydrogens is 310 g/mol. The molecule has 0 spiro atoms. The zero-order chi connectivity index (χ0) is 16.4. The van der Waals surface area contributed by atoms with Crippen LogP contribution in [0.5, 0.6) is 0 Å². The van der Waals surface area contributed by atoms with Gasteiger partial charge in [0.15, 0.2) is 0 Å². The van der Waals surface area contributed by atoms with Crippen LogP contribution in [0.4, 0.5) is 0 Å². The van der Waals surface area contributed by atoms with Crippen molar-refractivity contribution in [2.24, 2.45) is 0 Å². The molecule has 1 fully saturated rings. The molecule has 2 heterocycles. The predicted molar refractivity (Wildman–Crippen MR) is 78.7 cm³/mol. The highest BCUT2D eigenvalue weighted by molar-refractivity contribution is 8.00. The summed E-state index contributed by atoms with van der Waals surface area (Å²) in [6.45, 7) is 2.92. The van der Waals surface area contributed by atoms with Crippen molar-refractivity contribution in [2.45, 2.75) is 31.7 Å². The van der Waals surface area contributed by atoms with Crippen molar-refractivity contribution in [2.75, 3.05) is 12.3 Å². The van der Waals surface area contributed by atoms with Crippen LogP contribution in [0.3, 0.4) is 0 Å². The molecule has 3 N–H and O–H groups in total. The van der Waals surface area contributed by atoms with Crippen LogP contribution in [0.25, 0.3) is 0 Å². The molecule has 0 unspecified atom stereocenters. The average molecular weight is 327 g/mol. The second-order valence-corrected chi connectivity index (χ2v) is 6.08. The van der Waals surface area contributed by atoms with Crippen LogP contribution in [0.15, 0.2) is 11.3 Å². The summed E-state index contributed by atoms with van der Waals surface area (Å²) in [7, 11) is 0. The van der Waals surface area contributed by atoms with Crippen LogP contribution in [-0.2, 0) is 19.2 Å². The monoisotopic (exact) mass is 327 g/mol. The SMILES string of the molecule is CCC1=C(C(=O)O)N2C(=O)[C@@H](NC(=O)CNC(C)=O)[C@H]2SC1. The zero-order valence-electron chi connectivity index (χ0n) is 12.2. The molecule has 0 aromatic rings. The summed E-state index contributed by atoms with van der Waals surface area (Å²) in [5, 5.41) is 13.8. The zero-order valence-corrected chi connectivity index (χ0v) is 13.0. The van der Waals surface area contributed by atoms with E-state index in [-0.39, 0.29) is 18.1 Å². The Kier molecular flexibility index (Phi) is 4.74. The molecule has 8 nitrogen and oxygen atoms in total. The van der Waals surface area contributed by atoms with Crippen molar-refractivity contribution >= 4 is 35.5 Å². The lowest BCUT2D eigenvalue weighted by Gasteiger charge is -2.49. The van der Waals surface area contributed by atoms with E-state index in [0.29, 0.717) is 17.7 Å². The fourth-order valence-electron chi connectivity index (χ4n) is 2.38. The molecule has 120 valence electrons. The minimum Gasteiger partial charge on any atom is -0.477 e. The third-order valence-electron chi connectivity index (χ3n) is 3.49. The molecule has 2 aliphatic heterocycles. The van der Waals surface area contributed by atoms with Crippen molar-refractivity contribution in [1.82, 2.24) is 15.5 Å². The third-order valence-corrected chi connectivity index (χ3v) is 4.83. The van der Waals surface area contributed by atoms with E-state index in [1.54, 1.807) is 0 Å². The quantitative estimate of drug-likeness (QED) is 0.574. The number of amides is 3. The van der Waals surface area contributed by atoms with Gasteiger partial charge in [0, 0.05) is 12.7 Å². The first-order chi connectivity index (χ1) is 10.4. The number of carbonyl (C=O) groups excluding carboxylic acids is 3. The van der Waals surface area contributed by atoms with Gasteiger partial charge in [-0.3, -0.25) is 19.3 Å². The van der Waals surface area contributed by atoms with Gasteiger partial charge in [-0.15, -0.1) is 11.8 Å². The molecule has 0 aromatic carbocycles. The Bertz CT molecular complexity index is 574. The maximum Gasteiger partial charge on any atom is 0.352 e. The van der Waals surface area contributed by atoms with E-state index in [2.05, 4.69) is 10.6 Å². The molecule has 22 heavy (non-hydrogen) atoms.